The number of piperidine rings is 1. The number of carbonyl (C=O) groups excluding carboxylic acids is 1. The van der Waals surface area contributed by atoms with Gasteiger partial charge in [0.05, 0.1) is 0 Å². The molecule has 3 aliphatic rings. The van der Waals surface area contributed by atoms with E-state index in [9.17, 15) is 4.79 Å². The molecule has 1 aliphatic carbocycles. The first kappa shape index (κ1) is 23.2. The van der Waals surface area contributed by atoms with Crippen molar-refractivity contribution in [2.45, 2.75) is 76.5 Å². The van der Waals surface area contributed by atoms with Gasteiger partial charge in [-0.3, -0.25) is 4.79 Å². The summed E-state index contributed by atoms with van der Waals surface area (Å²) in [5.41, 5.74) is 3.31. The third kappa shape index (κ3) is 7.57. The molecule has 0 aromatic carbocycles. The zero-order valence-electron chi connectivity index (χ0n) is 19.1. The Morgan fingerprint density at radius 2 is 2.00 bits per heavy atom. The van der Waals surface area contributed by atoms with Crippen LogP contribution in [0.4, 0.5) is 5.82 Å². The lowest BCUT2D eigenvalue weighted by molar-refractivity contribution is -0.198. The Kier molecular flexibility index (Phi) is 8.94. The quantitative estimate of drug-likeness (QED) is 0.466. The van der Waals surface area contributed by atoms with E-state index >= 15 is 0 Å². The van der Waals surface area contributed by atoms with Crippen LogP contribution < -0.4 is 10.8 Å². The molecular formula is C25H38N4O3. The first-order valence-corrected chi connectivity index (χ1v) is 12.4. The smallest absolute Gasteiger partial charge is 0.267 e. The molecule has 1 aromatic rings. The van der Waals surface area contributed by atoms with Crippen LogP contribution in [0, 0.1) is 5.92 Å². The van der Waals surface area contributed by atoms with Gasteiger partial charge in [-0.25, -0.2) is 15.3 Å². The number of ether oxygens (including phenoxy) is 1. The van der Waals surface area contributed by atoms with Crippen LogP contribution in [0.3, 0.4) is 0 Å². The molecule has 7 nitrogen and oxygen atoms in total. The largest absolute Gasteiger partial charge is 0.366 e. The second-order valence-corrected chi connectivity index (χ2v) is 9.44. The number of aromatic nitrogens is 1. The molecular weight excluding hydrogens is 404 g/mol. The fourth-order valence-electron chi connectivity index (χ4n) is 5.01. The average molecular weight is 443 g/mol. The monoisotopic (exact) mass is 442 g/mol. The summed E-state index contributed by atoms with van der Waals surface area (Å²) in [6.07, 6.45) is 17.0. The molecule has 1 aromatic heterocycles. The summed E-state index contributed by atoms with van der Waals surface area (Å²) in [5, 5.41) is 3.61. The maximum Gasteiger partial charge on any atom is 0.267 e. The van der Waals surface area contributed by atoms with Crippen molar-refractivity contribution in [3.05, 3.63) is 30.0 Å². The van der Waals surface area contributed by atoms with Crippen molar-refractivity contribution < 1.29 is 14.4 Å². The van der Waals surface area contributed by atoms with E-state index in [1.54, 1.807) is 12.3 Å². The van der Waals surface area contributed by atoms with Gasteiger partial charge in [0.1, 0.15) is 5.82 Å². The SMILES string of the molecule is O=C(/C=C/c1ccc(N[C@H]2CCCN(CC3CCCCC3)C2)nc1)NOC1CCCCO1. The molecule has 0 spiro atoms. The van der Waals surface area contributed by atoms with Crippen molar-refractivity contribution in [3.8, 4) is 0 Å². The zero-order valence-corrected chi connectivity index (χ0v) is 19.1. The van der Waals surface area contributed by atoms with Crippen molar-refractivity contribution in [2.75, 3.05) is 31.6 Å². The van der Waals surface area contributed by atoms with Crippen LogP contribution in [-0.2, 0) is 14.4 Å². The van der Waals surface area contributed by atoms with Crippen molar-refractivity contribution in [1.82, 2.24) is 15.4 Å². The fourth-order valence-corrected chi connectivity index (χ4v) is 5.01. The molecule has 4 rings (SSSR count). The fraction of sp³-hybridized carbons (Fsp3) is 0.680. The van der Waals surface area contributed by atoms with E-state index in [-0.39, 0.29) is 12.2 Å². The summed E-state index contributed by atoms with van der Waals surface area (Å²) in [6.45, 7) is 4.27. The predicted molar refractivity (Wildman–Crippen MR) is 126 cm³/mol. The molecule has 1 amide bonds. The van der Waals surface area contributed by atoms with Gasteiger partial charge in [-0.1, -0.05) is 19.3 Å². The lowest BCUT2D eigenvalue weighted by Gasteiger charge is -2.36. The van der Waals surface area contributed by atoms with Gasteiger partial charge in [0.2, 0.25) is 0 Å². The van der Waals surface area contributed by atoms with Gasteiger partial charge in [-0.05, 0) is 74.8 Å². The molecule has 2 N–H and O–H groups in total. The normalized spacial score (nSPS) is 25.6. The molecule has 2 aliphatic heterocycles. The zero-order chi connectivity index (χ0) is 22.0. The minimum atomic E-state index is -0.341. The number of carbonyl (C=O) groups is 1. The number of nitrogens with one attached hydrogen (secondary N) is 2. The minimum Gasteiger partial charge on any atom is -0.366 e. The number of amides is 1. The number of rotatable bonds is 8. The van der Waals surface area contributed by atoms with Gasteiger partial charge < -0.3 is 15.0 Å². The van der Waals surface area contributed by atoms with Crippen LogP contribution in [0.25, 0.3) is 6.08 Å². The summed E-state index contributed by atoms with van der Waals surface area (Å²) < 4.78 is 5.43. The van der Waals surface area contributed by atoms with E-state index in [0.29, 0.717) is 12.6 Å². The highest BCUT2D eigenvalue weighted by atomic mass is 16.8. The Bertz CT molecular complexity index is 727. The molecule has 2 saturated heterocycles. The molecule has 0 radical (unpaired) electrons. The van der Waals surface area contributed by atoms with Crippen LogP contribution in [0.2, 0.25) is 0 Å². The van der Waals surface area contributed by atoms with Gasteiger partial charge in [-0.2, -0.15) is 0 Å². The van der Waals surface area contributed by atoms with Crippen molar-refractivity contribution >= 4 is 17.8 Å². The van der Waals surface area contributed by atoms with Crippen molar-refractivity contribution in [1.29, 1.82) is 0 Å². The van der Waals surface area contributed by atoms with E-state index in [1.165, 1.54) is 64.1 Å². The molecule has 32 heavy (non-hydrogen) atoms. The van der Waals surface area contributed by atoms with E-state index in [4.69, 9.17) is 9.57 Å². The van der Waals surface area contributed by atoms with Crippen LogP contribution in [-0.4, -0.2) is 54.4 Å². The molecule has 2 atom stereocenters. The second-order valence-electron chi connectivity index (χ2n) is 9.44. The Morgan fingerprint density at radius 3 is 2.78 bits per heavy atom. The highest BCUT2D eigenvalue weighted by Gasteiger charge is 2.23. The lowest BCUT2D eigenvalue weighted by Crippen LogP contribution is -2.44. The minimum absolute atomic E-state index is 0.304. The maximum atomic E-state index is 11.9. The number of hydrogen-bond acceptors (Lipinski definition) is 6. The van der Waals surface area contributed by atoms with Crippen LogP contribution in [0.15, 0.2) is 24.4 Å². The summed E-state index contributed by atoms with van der Waals surface area (Å²) in [5.74, 6) is 1.49. The topological polar surface area (TPSA) is 75.7 Å². The number of anilines is 1. The summed E-state index contributed by atoms with van der Waals surface area (Å²) in [7, 11) is 0. The third-order valence-corrected chi connectivity index (χ3v) is 6.74. The average Bonchev–Trinajstić information content (AvgIpc) is 2.84. The highest BCUT2D eigenvalue weighted by Crippen LogP contribution is 2.26. The highest BCUT2D eigenvalue weighted by molar-refractivity contribution is 5.90. The van der Waals surface area contributed by atoms with Gasteiger partial charge >= 0.3 is 0 Å². The Balaban J connectivity index is 1.19. The summed E-state index contributed by atoms with van der Waals surface area (Å²) in [6, 6.07) is 4.42. The number of nitrogens with zero attached hydrogens (tertiary/aromatic N) is 2. The standard InChI is InChI=1S/C25H38N4O3/c30-24(28-32-25-10-4-5-16-31-25)14-12-20-11-13-23(26-17-20)27-22-9-6-15-29(19-22)18-21-7-2-1-3-8-21/h11-14,17,21-22,25H,1-10,15-16,18-19H2,(H,26,27)(H,28,30)/b14-12+/t22-,25?/m0/s1. The number of pyridine rings is 1. The molecule has 3 heterocycles. The number of hydrogen-bond donors (Lipinski definition) is 2. The van der Waals surface area contributed by atoms with Gasteiger partial charge in [-0.15, -0.1) is 0 Å². The van der Waals surface area contributed by atoms with Crippen molar-refractivity contribution in [3.63, 3.8) is 0 Å². The van der Waals surface area contributed by atoms with Crippen LogP contribution >= 0.6 is 0 Å². The van der Waals surface area contributed by atoms with Gasteiger partial charge in [0.15, 0.2) is 6.29 Å². The van der Waals surface area contributed by atoms with E-state index in [1.807, 2.05) is 12.1 Å². The second kappa shape index (κ2) is 12.3. The first-order chi connectivity index (χ1) is 15.7. The van der Waals surface area contributed by atoms with Crippen LogP contribution in [0.5, 0.6) is 0 Å². The van der Waals surface area contributed by atoms with E-state index < -0.39 is 0 Å². The van der Waals surface area contributed by atoms with E-state index in [0.717, 1.165) is 43.1 Å². The summed E-state index contributed by atoms with van der Waals surface area (Å²) in [4.78, 5) is 24.4. The number of hydroxylamine groups is 1. The van der Waals surface area contributed by atoms with Gasteiger partial charge in [0.25, 0.3) is 5.91 Å². The Hall–Kier alpha value is -1.96. The molecule has 1 unspecified atom stereocenters. The van der Waals surface area contributed by atoms with E-state index in [2.05, 4.69) is 20.7 Å². The molecule has 0 bridgehead atoms. The molecule has 7 heteroatoms. The number of likely N-dealkylation sites (tertiary alicyclic amines) is 1. The van der Waals surface area contributed by atoms with Gasteiger partial charge in [0, 0.05) is 44.4 Å². The lowest BCUT2D eigenvalue weighted by atomic mass is 9.88. The maximum absolute atomic E-state index is 11.9. The third-order valence-electron chi connectivity index (χ3n) is 6.74. The Morgan fingerprint density at radius 1 is 1.12 bits per heavy atom. The first-order valence-electron chi connectivity index (χ1n) is 12.4. The molecule has 1 saturated carbocycles. The Labute approximate surface area is 191 Å². The van der Waals surface area contributed by atoms with Crippen molar-refractivity contribution in [2.24, 2.45) is 5.92 Å². The molecule has 176 valence electrons. The van der Waals surface area contributed by atoms with Crippen LogP contribution in [0.1, 0.15) is 69.8 Å². The molecule has 3 fully saturated rings. The summed E-state index contributed by atoms with van der Waals surface area (Å²) >= 11 is 0. The predicted octanol–water partition coefficient (Wildman–Crippen LogP) is 4.13.